The van der Waals surface area contributed by atoms with Gasteiger partial charge < -0.3 is 9.84 Å². The third kappa shape index (κ3) is 3.96. The highest BCUT2D eigenvalue weighted by Crippen LogP contribution is 2.27. The largest absolute Gasteiger partial charge is 0.507 e. The Morgan fingerprint density at radius 3 is 2.69 bits per heavy atom. The molecule has 26 heavy (non-hydrogen) atoms. The van der Waals surface area contributed by atoms with Crippen molar-refractivity contribution in [1.29, 1.82) is 0 Å². The number of ether oxygens (including phenoxy) is 1. The van der Waals surface area contributed by atoms with Crippen molar-refractivity contribution in [3.8, 4) is 11.5 Å². The van der Waals surface area contributed by atoms with Crippen LogP contribution in [0.1, 0.15) is 22.8 Å². The summed E-state index contributed by atoms with van der Waals surface area (Å²) in [5.74, 6) is 0.501. The van der Waals surface area contributed by atoms with Crippen molar-refractivity contribution >= 4 is 45.5 Å². The number of phenols is 1. The number of phenolic OH excluding ortho intramolecular Hbond substituents is 1. The van der Waals surface area contributed by atoms with Gasteiger partial charge in [0.25, 0.3) is 5.91 Å². The first-order chi connectivity index (χ1) is 12.6. The molecular formula is C20H17IN2O3. The number of amides is 1. The number of hydrogen-bond donors (Lipinski definition) is 2. The Kier molecular flexibility index (Phi) is 5.72. The summed E-state index contributed by atoms with van der Waals surface area (Å²) in [7, 11) is 0. The predicted octanol–water partition coefficient (Wildman–Crippen LogP) is 4.31. The maximum Gasteiger partial charge on any atom is 0.271 e. The number of hydrogen-bond acceptors (Lipinski definition) is 4. The van der Waals surface area contributed by atoms with Crippen LogP contribution in [0.2, 0.25) is 0 Å². The van der Waals surface area contributed by atoms with E-state index in [-0.39, 0.29) is 11.7 Å². The molecule has 0 heterocycles. The van der Waals surface area contributed by atoms with Gasteiger partial charge in [-0.1, -0.05) is 24.3 Å². The first-order valence-electron chi connectivity index (χ1n) is 8.06. The lowest BCUT2D eigenvalue weighted by Crippen LogP contribution is -2.17. The second-order valence-electron chi connectivity index (χ2n) is 5.50. The van der Waals surface area contributed by atoms with E-state index in [4.69, 9.17) is 4.74 Å². The van der Waals surface area contributed by atoms with Gasteiger partial charge in [-0.15, -0.1) is 0 Å². The lowest BCUT2D eigenvalue weighted by atomic mass is 10.0. The zero-order valence-electron chi connectivity index (χ0n) is 14.1. The summed E-state index contributed by atoms with van der Waals surface area (Å²) in [6, 6.07) is 16.4. The van der Waals surface area contributed by atoms with Crippen LogP contribution < -0.4 is 10.2 Å². The van der Waals surface area contributed by atoms with E-state index in [1.54, 1.807) is 18.3 Å². The zero-order valence-corrected chi connectivity index (χ0v) is 16.2. The first kappa shape index (κ1) is 18.2. The van der Waals surface area contributed by atoms with E-state index in [0.29, 0.717) is 15.7 Å². The molecule has 0 atom stereocenters. The van der Waals surface area contributed by atoms with Crippen molar-refractivity contribution in [2.75, 3.05) is 6.61 Å². The number of rotatable bonds is 5. The van der Waals surface area contributed by atoms with Gasteiger partial charge in [0.2, 0.25) is 0 Å². The standard InChI is InChI=1S/C20H17IN2O3/c1-2-26-19-10-8-14(15-5-3-4-6-16(15)19)12-22-23-20(25)13-7-9-17(21)18(24)11-13/h3-12,24H,2H2,1H3,(H,23,25)/b22-12-. The molecule has 3 rings (SSSR count). The van der Waals surface area contributed by atoms with E-state index in [0.717, 1.165) is 22.1 Å². The van der Waals surface area contributed by atoms with Gasteiger partial charge in [-0.25, -0.2) is 5.43 Å². The number of nitrogens with zero attached hydrogens (tertiary/aromatic N) is 1. The minimum atomic E-state index is -0.386. The Bertz CT molecular complexity index is 986. The quantitative estimate of drug-likeness (QED) is 0.339. The SMILES string of the molecule is CCOc1ccc(/C=N\NC(=O)c2ccc(I)c(O)c2)c2ccccc12. The Morgan fingerprint density at radius 2 is 1.96 bits per heavy atom. The molecule has 0 radical (unpaired) electrons. The average molecular weight is 460 g/mol. The fourth-order valence-electron chi connectivity index (χ4n) is 2.57. The van der Waals surface area contributed by atoms with Crippen molar-refractivity contribution in [3.63, 3.8) is 0 Å². The first-order valence-corrected chi connectivity index (χ1v) is 9.14. The van der Waals surface area contributed by atoms with E-state index < -0.39 is 0 Å². The third-order valence-electron chi connectivity index (χ3n) is 3.80. The van der Waals surface area contributed by atoms with Gasteiger partial charge in [-0.3, -0.25) is 4.79 Å². The molecule has 3 aromatic carbocycles. The molecule has 2 N–H and O–H groups in total. The summed E-state index contributed by atoms with van der Waals surface area (Å²) in [4.78, 5) is 12.1. The molecule has 0 saturated carbocycles. The molecule has 132 valence electrons. The summed E-state index contributed by atoms with van der Waals surface area (Å²) in [5, 5.41) is 15.7. The number of fused-ring (bicyclic) bond motifs is 1. The number of hydrazone groups is 1. The normalized spacial score (nSPS) is 11.0. The molecule has 0 aliphatic carbocycles. The number of benzene rings is 3. The van der Waals surface area contributed by atoms with E-state index in [1.165, 1.54) is 6.07 Å². The van der Waals surface area contributed by atoms with Crippen LogP contribution in [0, 0.1) is 3.57 Å². The van der Waals surface area contributed by atoms with Crippen LogP contribution in [-0.2, 0) is 0 Å². The zero-order chi connectivity index (χ0) is 18.5. The second-order valence-corrected chi connectivity index (χ2v) is 6.66. The van der Waals surface area contributed by atoms with Crippen LogP contribution in [0.5, 0.6) is 11.5 Å². The van der Waals surface area contributed by atoms with E-state index in [1.807, 2.05) is 65.9 Å². The lowest BCUT2D eigenvalue weighted by Gasteiger charge is -2.09. The van der Waals surface area contributed by atoms with Gasteiger partial charge in [-0.2, -0.15) is 5.10 Å². The highest BCUT2D eigenvalue weighted by Gasteiger charge is 2.08. The monoisotopic (exact) mass is 460 g/mol. The van der Waals surface area contributed by atoms with Crippen molar-refractivity contribution in [3.05, 3.63) is 69.3 Å². The summed E-state index contributed by atoms with van der Waals surface area (Å²) in [5.41, 5.74) is 3.70. The van der Waals surface area contributed by atoms with Gasteiger partial charge in [-0.05, 0) is 65.2 Å². The molecule has 3 aromatic rings. The minimum absolute atomic E-state index is 0.0692. The van der Waals surface area contributed by atoms with Gasteiger partial charge in [0.1, 0.15) is 11.5 Å². The summed E-state index contributed by atoms with van der Waals surface area (Å²) < 4.78 is 6.34. The molecule has 0 aromatic heterocycles. The van der Waals surface area contributed by atoms with Crippen LogP contribution in [-0.4, -0.2) is 23.8 Å². The number of carbonyl (C=O) groups excluding carboxylic acids is 1. The third-order valence-corrected chi connectivity index (χ3v) is 4.71. The molecule has 0 spiro atoms. The Balaban J connectivity index is 1.81. The molecule has 0 unspecified atom stereocenters. The highest BCUT2D eigenvalue weighted by atomic mass is 127. The molecular weight excluding hydrogens is 443 g/mol. The minimum Gasteiger partial charge on any atom is -0.507 e. The molecule has 6 heteroatoms. The fraction of sp³-hybridized carbons (Fsp3) is 0.100. The molecule has 0 saturated heterocycles. The van der Waals surface area contributed by atoms with Crippen molar-refractivity contribution in [2.45, 2.75) is 6.92 Å². The highest BCUT2D eigenvalue weighted by molar-refractivity contribution is 14.1. The van der Waals surface area contributed by atoms with Crippen molar-refractivity contribution in [2.24, 2.45) is 5.10 Å². The van der Waals surface area contributed by atoms with Crippen molar-refractivity contribution < 1.29 is 14.6 Å². The van der Waals surface area contributed by atoms with Gasteiger partial charge >= 0.3 is 0 Å². The maximum absolute atomic E-state index is 12.1. The van der Waals surface area contributed by atoms with Crippen LogP contribution in [0.15, 0.2) is 59.7 Å². The summed E-state index contributed by atoms with van der Waals surface area (Å²) in [6.07, 6.45) is 1.60. The lowest BCUT2D eigenvalue weighted by molar-refractivity contribution is 0.0954. The molecule has 5 nitrogen and oxygen atoms in total. The Hall–Kier alpha value is -2.61. The number of aromatic hydroxyl groups is 1. The van der Waals surface area contributed by atoms with Crippen LogP contribution in [0.3, 0.4) is 0 Å². The number of nitrogens with one attached hydrogen (secondary N) is 1. The molecule has 1 amide bonds. The second kappa shape index (κ2) is 8.18. The number of carbonyl (C=O) groups is 1. The van der Waals surface area contributed by atoms with Gasteiger partial charge in [0.15, 0.2) is 0 Å². The van der Waals surface area contributed by atoms with E-state index in [9.17, 15) is 9.90 Å². The van der Waals surface area contributed by atoms with Crippen LogP contribution >= 0.6 is 22.6 Å². The Morgan fingerprint density at radius 1 is 1.19 bits per heavy atom. The fourth-order valence-corrected chi connectivity index (χ4v) is 2.90. The average Bonchev–Trinajstić information content (AvgIpc) is 2.65. The predicted molar refractivity (Wildman–Crippen MR) is 111 cm³/mol. The summed E-state index contributed by atoms with van der Waals surface area (Å²) in [6.45, 7) is 2.54. The number of halogens is 1. The van der Waals surface area contributed by atoms with Gasteiger partial charge in [0, 0.05) is 16.5 Å². The van der Waals surface area contributed by atoms with Crippen LogP contribution in [0.25, 0.3) is 10.8 Å². The van der Waals surface area contributed by atoms with Gasteiger partial charge in [0.05, 0.1) is 16.4 Å². The maximum atomic E-state index is 12.1. The smallest absolute Gasteiger partial charge is 0.271 e. The Labute approximate surface area is 164 Å². The molecule has 0 aliphatic rings. The molecule has 0 fully saturated rings. The summed E-state index contributed by atoms with van der Waals surface area (Å²) >= 11 is 2.00. The molecule has 0 aliphatic heterocycles. The molecule has 0 bridgehead atoms. The topological polar surface area (TPSA) is 70.9 Å². The van der Waals surface area contributed by atoms with E-state index in [2.05, 4.69) is 10.5 Å². The van der Waals surface area contributed by atoms with E-state index >= 15 is 0 Å². The van der Waals surface area contributed by atoms with Crippen molar-refractivity contribution in [1.82, 2.24) is 5.43 Å². The van der Waals surface area contributed by atoms with Crippen LogP contribution in [0.4, 0.5) is 0 Å².